The second kappa shape index (κ2) is 6.90. The summed E-state index contributed by atoms with van der Waals surface area (Å²) < 4.78 is 1.59. The molecule has 3 heteroatoms. The summed E-state index contributed by atoms with van der Waals surface area (Å²) in [5.41, 5.74) is 1.44. The van der Waals surface area contributed by atoms with Crippen LogP contribution in [0.1, 0.15) is 12.0 Å². The molecular formula is C11H13LiS2. The summed E-state index contributed by atoms with van der Waals surface area (Å²) in [6, 6.07) is 10.7. The Labute approximate surface area is 107 Å². The average molecular weight is 216 g/mol. The van der Waals surface area contributed by atoms with Gasteiger partial charge in [-0.1, -0.05) is 35.9 Å². The van der Waals surface area contributed by atoms with Crippen molar-refractivity contribution in [1.29, 1.82) is 0 Å². The molecule has 14 heavy (non-hydrogen) atoms. The van der Waals surface area contributed by atoms with Crippen LogP contribution in [0.15, 0.2) is 30.3 Å². The van der Waals surface area contributed by atoms with E-state index in [1.165, 1.54) is 23.5 Å². The van der Waals surface area contributed by atoms with Crippen molar-refractivity contribution in [2.24, 2.45) is 0 Å². The Hall–Kier alpha value is 0.517. The molecule has 0 saturated carbocycles. The second-order valence-corrected chi connectivity index (χ2v) is 5.72. The smallest absolute Gasteiger partial charge is 0.337 e. The average Bonchev–Trinajstić information content (AvgIpc) is 2.21. The van der Waals surface area contributed by atoms with Crippen molar-refractivity contribution >= 4 is 23.5 Å². The molecule has 0 spiro atoms. The van der Waals surface area contributed by atoms with Gasteiger partial charge < -0.3 is 23.5 Å². The summed E-state index contributed by atoms with van der Waals surface area (Å²) in [5, 5.41) is 0. The molecule has 0 aliphatic carbocycles. The van der Waals surface area contributed by atoms with Crippen molar-refractivity contribution in [1.82, 2.24) is 0 Å². The Morgan fingerprint density at radius 2 is 1.71 bits per heavy atom. The van der Waals surface area contributed by atoms with Crippen molar-refractivity contribution in [3.8, 4) is 0 Å². The van der Waals surface area contributed by atoms with Crippen molar-refractivity contribution in [3.05, 3.63) is 40.5 Å². The first-order chi connectivity index (χ1) is 6.45. The fourth-order valence-electron chi connectivity index (χ4n) is 1.34. The summed E-state index contributed by atoms with van der Waals surface area (Å²) in [6.45, 7) is 0. The van der Waals surface area contributed by atoms with Gasteiger partial charge in [-0.05, 0) is 17.9 Å². The van der Waals surface area contributed by atoms with Crippen LogP contribution in [-0.2, 0) is 6.42 Å². The topological polar surface area (TPSA) is 0 Å². The zero-order valence-corrected chi connectivity index (χ0v) is 10.2. The molecule has 0 unspecified atom stereocenters. The molecular weight excluding hydrogens is 203 g/mol. The maximum Gasteiger partial charge on any atom is 1.00 e. The van der Waals surface area contributed by atoms with E-state index >= 15 is 0 Å². The molecule has 2 rings (SSSR count). The van der Waals surface area contributed by atoms with Crippen molar-refractivity contribution < 1.29 is 18.9 Å². The van der Waals surface area contributed by atoms with Crippen LogP contribution in [0.3, 0.4) is 0 Å². The Morgan fingerprint density at radius 3 is 2.36 bits per heavy atom. The molecule has 1 aromatic rings. The molecule has 0 radical (unpaired) electrons. The van der Waals surface area contributed by atoms with Gasteiger partial charge in [-0.25, -0.2) is 4.58 Å². The molecule has 0 N–H and O–H groups in total. The van der Waals surface area contributed by atoms with E-state index in [2.05, 4.69) is 30.3 Å². The Kier molecular flexibility index (Phi) is 6.21. The monoisotopic (exact) mass is 216 g/mol. The predicted molar refractivity (Wildman–Crippen MR) is 62.9 cm³/mol. The van der Waals surface area contributed by atoms with Crippen molar-refractivity contribution in [2.45, 2.75) is 12.8 Å². The van der Waals surface area contributed by atoms with Crippen LogP contribution in [-0.4, -0.2) is 11.5 Å². The summed E-state index contributed by atoms with van der Waals surface area (Å²) in [6.07, 6.45) is 2.52. The predicted octanol–water partition coefficient (Wildman–Crippen LogP) is 0.593. The second-order valence-electron chi connectivity index (χ2n) is 3.08. The number of rotatable bonds is 2. The molecule has 0 atom stereocenters. The molecule has 0 amide bonds. The van der Waals surface area contributed by atoms with Gasteiger partial charge in [0.1, 0.15) is 0 Å². The first kappa shape index (κ1) is 12.6. The fourth-order valence-corrected chi connectivity index (χ4v) is 3.92. The maximum atomic E-state index is 2.21. The minimum atomic E-state index is 0. The molecule has 1 heterocycles. The third-order valence-electron chi connectivity index (χ3n) is 2.01. The minimum absolute atomic E-state index is 0. The fraction of sp³-hybridized carbons (Fsp3) is 0.364. The third kappa shape index (κ3) is 3.94. The number of benzene rings is 1. The Morgan fingerprint density at radius 1 is 1.07 bits per heavy atom. The van der Waals surface area contributed by atoms with E-state index in [0.717, 1.165) is 6.42 Å². The maximum absolute atomic E-state index is 2.21. The van der Waals surface area contributed by atoms with Gasteiger partial charge in [0.25, 0.3) is 0 Å². The van der Waals surface area contributed by atoms with Crippen LogP contribution in [0, 0.1) is 4.58 Å². The summed E-state index contributed by atoms with van der Waals surface area (Å²) in [4.78, 5) is 0. The van der Waals surface area contributed by atoms with E-state index in [9.17, 15) is 0 Å². The molecule has 1 aromatic carbocycles. The molecule has 1 aliphatic heterocycles. The first-order valence-electron chi connectivity index (χ1n) is 4.60. The Bertz CT molecular complexity index is 245. The van der Waals surface area contributed by atoms with Gasteiger partial charge in [-0.15, -0.1) is 6.42 Å². The minimum Gasteiger partial charge on any atom is -0.337 e. The number of hydrogen-bond donors (Lipinski definition) is 0. The zero-order chi connectivity index (χ0) is 8.93. The summed E-state index contributed by atoms with van der Waals surface area (Å²) >= 11 is 4.08. The molecule has 0 bridgehead atoms. The largest absolute Gasteiger partial charge is 1.00 e. The van der Waals surface area contributed by atoms with E-state index in [0.29, 0.717) is 0 Å². The van der Waals surface area contributed by atoms with Crippen LogP contribution in [0.2, 0.25) is 0 Å². The van der Waals surface area contributed by atoms with Gasteiger partial charge in [0.15, 0.2) is 0 Å². The van der Waals surface area contributed by atoms with Crippen LogP contribution in [0.5, 0.6) is 0 Å². The molecule has 1 fully saturated rings. The van der Waals surface area contributed by atoms with Gasteiger partial charge in [0.05, 0.1) is 0 Å². The molecule has 1 saturated heterocycles. The van der Waals surface area contributed by atoms with Gasteiger partial charge in [-0.2, -0.15) is 0 Å². The van der Waals surface area contributed by atoms with Crippen LogP contribution < -0.4 is 18.9 Å². The normalized spacial score (nSPS) is 17.4. The molecule has 0 nitrogen and oxygen atoms in total. The Balaban J connectivity index is 0.000000980. The van der Waals surface area contributed by atoms with Gasteiger partial charge >= 0.3 is 18.9 Å². The van der Waals surface area contributed by atoms with Crippen molar-refractivity contribution in [3.63, 3.8) is 0 Å². The van der Waals surface area contributed by atoms with Crippen LogP contribution in [0.4, 0.5) is 0 Å². The zero-order valence-electron chi connectivity index (χ0n) is 8.53. The van der Waals surface area contributed by atoms with E-state index in [4.69, 9.17) is 0 Å². The standard InChI is InChI=1S/C11H13S2.Li/c1-2-5-10(6-3-1)9-11-12-7-4-8-13-11;/h1-3,5-6H,4,7-9H2;/q-1;+1. The summed E-state index contributed by atoms with van der Waals surface area (Å²) in [5.74, 6) is 2.63. The quantitative estimate of drug-likeness (QED) is 0.524. The third-order valence-corrected chi connectivity index (χ3v) is 4.63. The van der Waals surface area contributed by atoms with Gasteiger partial charge in [0.2, 0.25) is 0 Å². The molecule has 70 valence electrons. The first-order valence-corrected chi connectivity index (χ1v) is 6.57. The van der Waals surface area contributed by atoms with E-state index in [-0.39, 0.29) is 18.9 Å². The van der Waals surface area contributed by atoms with Gasteiger partial charge in [0, 0.05) is 0 Å². The van der Waals surface area contributed by atoms with E-state index < -0.39 is 0 Å². The number of hydrogen-bond acceptors (Lipinski definition) is 2. The van der Waals surface area contributed by atoms with Crippen LogP contribution >= 0.6 is 23.5 Å². The van der Waals surface area contributed by atoms with Crippen molar-refractivity contribution in [2.75, 3.05) is 11.5 Å². The molecule has 1 aliphatic rings. The SMILES string of the molecule is [Li+].c1ccc(C[C-]2SCCCS2)cc1. The van der Waals surface area contributed by atoms with Gasteiger partial charge in [-0.3, -0.25) is 0 Å². The number of thioether (sulfide) groups is 2. The van der Waals surface area contributed by atoms with Crippen LogP contribution in [0.25, 0.3) is 0 Å². The van der Waals surface area contributed by atoms with E-state index in [1.807, 2.05) is 23.5 Å². The van der Waals surface area contributed by atoms with E-state index in [1.54, 1.807) is 4.58 Å². The molecule has 0 aromatic heterocycles. The summed E-state index contributed by atoms with van der Waals surface area (Å²) in [7, 11) is 0.